The van der Waals surface area contributed by atoms with Gasteiger partial charge in [0.25, 0.3) is 0 Å². The van der Waals surface area contributed by atoms with Crippen LogP contribution < -0.4 is 5.73 Å². The highest BCUT2D eigenvalue weighted by Crippen LogP contribution is 2.14. The second-order valence-corrected chi connectivity index (χ2v) is 3.27. The number of nitrogens with two attached hydrogens (primary N) is 1. The molecule has 2 rings (SSSR count). The second-order valence-electron chi connectivity index (χ2n) is 3.27. The number of carbonyl (C=O) groups is 1. The Bertz CT molecular complexity index is 531. The molecule has 0 aliphatic carbocycles. The molecule has 78 valence electrons. The van der Waals surface area contributed by atoms with Crippen molar-refractivity contribution in [1.29, 1.82) is 0 Å². The van der Waals surface area contributed by atoms with Crippen LogP contribution in [0.1, 0.15) is 16.1 Å². The van der Waals surface area contributed by atoms with Gasteiger partial charge in [0.1, 0.15) is 11.5 Å². The molecule has 0 aliphatic heterocycles. The summed E-state index contributed by atoms with van der Waals surface area (Å²) in [5.41, 5.74) is 7.69. The van der Waals surface area contributed by atoms with E-state index in [-0.39, 0.29) is 0 Å². The first-order valence-electron chi connectivity index (χ1n) is 4.45. The molecular formula is C10H11N3O2. The minimum atomic E-state index is -0.412. The molecule has 15 heavy (non-hydrogen) atoms. The van der Waals surface area contributed by atoms with Gasteiger partial charge >= 0.3 is 5.97 Å². The number of nitrogen functional groups attached to an aromatic ring is 1. The zero-order valence-electron chi connectivity index (χ0n) is 8.52. The third kappa shape index (κ3) is 1.52. The fourth-order valence-corrected chi connectivity index (χ4v) is 1.47. The summed E-state index contributed by atoms with van der Waals surface area (Å²) in [7, 11) is 1.33. The van der Waals surface area contributed by atoms with Crippen molar-refractivity contribution in [3.63, 3.8) is 0 Å². The van der Waals surface area contributed by atoms with Gasteiger partial charge in [0.2, 0.25) is 0 Å². The molecule has 0 amide bonds. The van der Waals surface area contributed by atoms with Crippen LogP contribution in [-0.2, 0) is 4.74 Å². The van der Waals surface area contributed by atoms with Crippen LogP contribution in [0.5, 0.6) is 0 Å². The van der Waals surface area contributed by atoms with Crippen LogP contribution in [0, 0.1) is 6.92 Å². The van der Waals surface area contributed by atoms with Crippen molar-refractivity contribution in [2.45, 2.75) is 6.92 Å². The molecule has 5 nitrogen and oxygen atoms in total. The fourth-order valence-electron chi connectivity index (χ4n) is 1.47. The van der Waals surface area contributed by atoms with Crippen molar-refractivity contribution in [2.75, 3.05) is 12.8 Å². The molecule has 0 aromatic carbocycles. The molecule has 2 aromatic heterocycles. The van der Waals surface area contributed by atoms with Gasteiger partial charge in [-0.05, 0) is 19.1 Å². The lowest BCUT2D eigenvalue weighted by atomic mass is 10.2. The summed E-state index contributed by atoms with van der Waals surface area (Å²) in [4.78, 5) is 15.5. The van der Waals surface area contributed by atoms with E-state index in [0.29, 0.717) is 17.0 Å². The molecule has 0 fully saturated rings. The first-order valence-corrected chi connectivity index (χ1v) is 4.45. The Hall–Kier alpha value is -2.04. The lowest BCUT2D eigenvalue weighted by Crippen LogP contribution is -2.05. The van der Waals surface area contributed by atoms with Crippen molar-refractivity contribution in [1.82, 2.24) is 9.38 Å². The second kappa shape index (κ2) is 3.27. The summed E-state index contributed by atoms with van der Waals surface area (Å²) in [6, 6.07) is 3.22. The molecule has 0 saturated heterocycles. The standard InChI is InChI=1S/C10H11N3O2/c1-6-5-13-8(11)3-7(10(14)15-2)4-9(13)12-6/h3-5H,11H2,1-2H3. The molecule has 0 bridgehead atoms. The smallest absolute Gasteiger partial charge is 0.338 e. The number of aromatic nitrogens is 2. The number of fused-ring (bicyclic) bond motifs is 1. The van der Waals surface area contributed by atoms with E-state index in [9.17, 15) is 4.79 Å². The topological polar surface area (TPSA) is 69.6 Å². The van der Waals surface area contributed by atoms with Gasteiger partial charge in [0.15, 0.2) is 0 Å². The van der Waals surface area contributed by atoms with Crippen molar-refractivity contribution >= 4 is 17.4 Å². The van der Waals surface area contributed by atoms with E-state index < -0.39 is 5.97 Å². The van der Waals surface area contributed by atoms with Crippen molar-refractivity contribution in [2.24, 2.45) is 0 Å². The van der Waals surface area contributed by atoms with Crippen LogP contribution in [0.3, 0.4) is 0 Å². The van der Waals surface area contributed by atoms with Gasteiger partial charge in [-0.25, -0.2) is 9.78 Å². The third-order valence-electron chi connectivity index (χ3n) is 2.14. The van der Waals surface area contributed by atoms with E-state index in [4.69, 9.17) is 5.73 Å². The molecular weight excluding hydrogens is 194 g/mol. The Labute approximate surface area is 86.5 Å². The minimum Gasteiger partial charge on any atom is -0.465 e. The highest BCUT2D eigenvalue weighted by molar-refractivity contribution is 5.91. The zero-order chi connectivity index (χ0) is 11.0. The van der Waals surface area contributed by atoms with Crippen molar-refractivity contribution in [3.8, 4) is 0 Å². The SMILES string of the molecule is COC(=O)c1cc(N)n2cc(C)nc2c1. The molecule has 0 unspecified atom stereocenters. The number of carbonyl (C=O) groups excluding carboxylic acids is 1. The van der Waals surface area contributed by atoms with E-state index in [1.54, 1.807) is 16.5 Å². The van der Waals surface area contributed by atoms with Crippen LogP contribution in [0.4, 0.5) is 5.82 Å². The molecule has 0 aliphatic rings. The monoisotopic (exact) mass is 205 g/mol. The Kier molecular flexibility index (Phi) is 2.07. The third-order valence-corrected chi connectivity index (χ3v) is 2.14. The largest absolute Gasteiger partial charge is 0.465 e. The molecule has 0 spiro atoms. The highest BCUT2D eigenvalue weighted by atomic mass is 16.5. The molecule has 2 heterocycles. The minimum absolute atomic E-state index is 0.410. The van der Waals surface area contributed by atoms with Crippen molar-refractivity contribution < 1.29 is 9.53 Å². The Morgan fingerprint density at radius 3 is 2.93 bits per heavy atom. The van der Waals surface area contributed by atoms with E-state index in [1.807, 2.05) is 13.1 Å². The predicted octanol–water partition coefficient (Wildman–Crippen LogP) is 1.01. The van der Waals surface area contributed by atoms with Gasteiger partial charge < -0.3 is 10.5 Å². The van der Waals surface area contributed by atoms with Gasteiger partial charge in [-0.1, -0.05) is 0 Å². The van der Waals surface area contributed by atoms with Gasteiger partial charge in [0.05, 0.1) is 18.4 Å². The number of hydrogen-bond acceptors (Lipinski definition) is 4. The van der Waals surface area contributed by atoms with Crippen molar-refractivity contribution in [3.05, 3.63) is 29.6 Å². The Balaban J connectivity index is 2.66. The number of rotatable bonds is 1. The van der Waals surface area contributed by atoms with E-state index >= 15 is 0 Å². The number of imidazole rings is 1. The maximum atomic E-state index is 11.3. The predicted molar refractivity (Wildman–Crippen MR) is 55.7 cm³/mol. The number of ether oxygens (including phenoxy) is 1. The highest BCUT2D eigenvalue weighted by Gasteiger charge is 2.10. The normalized spacial score (nSPS) is 10.5. The Morgan fingerprint density at radius 1 is 1.53 bits per heavy atom. The number of esters is 1. The first kappa shape index (κ1) is 9.51. The number of aryl methyl sites for hydroxylation is 1. The zero-order valence-corrected chi connectivity index (χ0v) is 8.52. The van der Waals surface area contributed by atoms with Gasteiger partial charge in [0, 0.05) is 6.20 Å². The molecule has 2 N–H and O–H groups in total. The molecule has 0 atom stereocenters. The molecule has 0 radical (unpaired) electrons. The fraction of sp³-hybridized carbons (Fsp3) is 0.200. The Morgan fingerprint density at radius 2 is 2.27 bits per heavy atom. The van der Waals surface area contributed by atoms with Crippen LogP contribution in [0.15, 0.2) is 18.3 Å². The summed E-state index contributed by atoms with van der Waals surface area (Å²) in [5.74, 6) is 0.0540. The number of methoxy groups -OCH3 is 1. The van der Waals surface area contributed by atoms with Gasteiger partial charge in [-0.2, -0.15) is 0 Å². The maximum absolute atomic E-state index is 11.3. The lowest BCUT2D eigenvalue weighted by Gasteiger charge is -2.03. The van der Waals surface area contributed by atoms with Crippen LogP contribution in [-0.4, -0.2) is 22.5 Å². The van der Waals surface area contributed by atoms with E-state index in [1.165, 1.54) is 7.11 Å². The average Bonchev–Trinajstić information content (AvgIpc) is 2.58. The van der Waals surface area contributed by atoms with E-state index in [0.717, 1.165) is 5.69 Å². The first-order chi connectivity index (χ1) is 7.11. The van der Waals surface area contributed by atoms with Crippen LogP contribution in [0.25, 0.3) is 5.65 Å². The number of anilines is 1. The lowest BCUT2D eigenvalue weighted by molar-refractivity contribution is 0.0601. The van der Waals surface area contributed by atoms with Crippen LogP contribution >= 0.6 is 0 Å². The molecule has 0 saturated carbocycles. The average molecular weight is 205 g/mol. The summed E-state index contributed by atoms with van der Waals surface area (Å²) in [6.07, 6.45) is 1.81. The van der Waals surface area contributed by atoms with Crippen LogP contribution in [0.2, 0.25) is 0 Å². The number of nitrogens with zero attached hydrogens (tertiary/aromatic N) is 2. The maximum Gasteiger partial charge on any atom is 0.338 e. The van der Waals surface area contributed by atoms with Gasteiger partial charge in [-0.15, -0.1) is 0 Å². The quantitative estimate of drug-likeness (QED) is 0.705. The number of pyridine rings is 1. The summed E-state index contributed by atoms with van der Waals surface area (Å²) < 4.78 is 6.34. The summed E-state index contributed by atoms with van der Waals surface area (Å²) >= 11 is 0. The summed E-state index contributed by atoms with van der Waals surface area (Å²) in [6.45, 7) is 1.87. The van der Waals surface area contributed by atoms with Gasteiger partial charge in [-0.3, -0.25) is 4.40 Å². The number of hydrogen-bond donors (Lipinski definition) is 1. The molecule has 5 heteroatoms. The molecule has 2 aromatic rings. The van der Waals surface area contributed by atoms with E-state index in [2.05, 4.69) is 9.72 Å². The summed E-state index contributed by atoms with van der Waals surface area (Å²) in [5, 5.41) is 0.